The molecule has 0 aliphatic rings. The summed E-state index contributed by atoms with van der Waals surface area (Å²) in [5.74, 6) is -0.760. The van der Waals surface area contributed by atoms with Crippen LogP contribution < -0.4 is 4.72 Å². The van der Waals surface area contributed by atoms with Gasteiger partial charge in [0.05, 0.1) is 23.3 Å². The Morgan fingerprint density at radius 2 is 1.55 bits per heavy atom. The molecule has 0 unspecified atom stereocenters. The first-order valence-corrected chi connectivity index (χ1v) is 10.3. The lowest BCUT2D eigenvalue weighted by atomic mass is 10.1. The molecule has 0 aromatic heterocycles. The molecule has 0 amide bonds. The summed E-state index contributed by atoms with van der Waals surface area (Å²) < 4.78 is 32.6. The standard InChI is InChI=1S/C21H16ClNO5S/c1-28-21(25)19-12-14(13-24)2-11-20(19)23-29(26,27)18-9-5-16(6-10-18)15-3-7-17(22)8-4-15/h2-13,23H,1H3. The normalized spacial score (nSPS) is 11.0. The molecule has 3 aromatic carbocycles. The van der Waals surface area contributed by atoms with Crippen LogP contribution in [-0.4, -0.2) is 27.8 Å². The third kappa shape index (κ3) is 4.64. The van der Waals surface area contributed by atoms with Gasteiger partial charge in [-0.1, -0.05) is 35.9 Å². The number of anilines is 1. The first kappa shape index (κ1) is 20.6. The predicted molar refractivity (Wildman–Crippen MR) is 111 cm³/mol. The molecule has 148 valence electrons. The van der Waals surface area contributed by atoms with Crippen LogP contribution in [0.1, 0.15) is 20.7 Å². The number of hydrogen-bond acceptors (Lipinski definition) is 5. The Bertz CT molecular complexity index is 1160. The van der Waals surface area contributed by atoms with Crippen molar-refractivity contribution in [3.8, 4) is 11.1 Å². The van der Waals surface area contributed by atoms with E-state index >= 15 is 0 Å². The summed E-state index contributed by atoms with van der Waals surface area (Å²) in [6.45, 7) is 0. The van der Waals surface area contributed by atoms with E-state index in [2.05, 4.69) is 9.46 Å². The SMILES string of the molecule is COC(=O)c1cc(C=O)ccc1NS(=O)(=O)c1ccc(-c2ccc(Cl)cc2)cc1. The number of nitrogens with one attached hydrogen (secondary N) is 1. The van der Waals surface area contributed by atoms with E-state index < -0.39 is 16.0 Å². The Morgan fingerprint density at radius 3 is 2.10 bits per heavy atom. The van der Waals surface area contributed by atoms with Gasteiger partial charge >= 0.3 is 5.97 Å². The number of methoxy groups -OCH3 is 1. The number of carbonyl (C=O) groups is 2. The molecule has 29 heavy (non-hydrogen) atoms. The minimum absolute atomic E-state index is 0.0178. The highest BCUT2D eigenvalue weighted by Crippen LogP contribution is 2.25. The highest BCUT2D eigenvalue weighted by molar-refractivity contribution is 7.92. The number of sulfonamides is 1. The molecule has 0 spiro atoms. The molecular weight excluding hydrogens is 414 g/mol. The fourth-order valence-corrected chi connectivity index (χ4v) is 3.88. The van der Waals surface area contributed by atoms with Crippen LogP contribution in [0.3, 0.4) is 0 Å². The second kappa shape index (κ2) is 8.46. The van der Waals surface area contributed by atoms with Gasteiger partial charge in [0.2, 0.25) is 0 Å². The van der Waals surface area contributed by atoms with Gasteiger partial charge in [0.25, 0.3) is 10.0 Å². The molecule has 8 heteroatoms. The van der Waals surface area contributed by atoms with E-state index in [-0.39, 0.29) is 21.7 Å². The van der Waals surface area contributed by atoms with E-state index in [4.69, 9.17) is 11.6 Å². The fraction of sp³-hybridized carbons (Fsp3) is 0.0476. The minimum Gasteiger partial charge on any atom is -0.465 e. The van der Waals surface area contributed by atoms with Crippen molar-refractivity contribution in [3.05, 3.63) is 82.9 Å². The highest BCUT2D eigenvalue weighted by atomic mass is 35.5. The largest absolute Gasteiger partial charge is 0.465 e. The molecule has 0 bridgehead atoms. The number of rotatable bonds is 6. The molecule has 3 rings (SSSR count). The average molecular weight is 430 g/mol. The van der Waals surface area contributed by atoms with Gasteiger partial charge in [-0.3, -0.25) is 9.52 Å². The maximum Gasteiger partial charge on any atom is 0.340 e. The van der Waals surface area contributed by atoms with Crippen LogP contribution in [0.4, 0.5) is 5.69 Å². The minimum atomic E-state index is -3.97. The van der Waals surface area contributed by atoms with Crippen molar-refractivity contribution in [1.82, 2.24) is 0 Å². The fourth-order valence-electron chi connectivity index (χ4n) is 2.68. The monoisotopic (exact) mass is 429 g/mol. The zero-order chi connectivity index (χ0) is 21.0. The molecule has 0 atom stereocenters. The second-order valence-electron chi connectivity index (χ2n) is 6.05. The van der Waals surface area contributed by atoms with E-state index in [1.165, 1.54) is 37.4 Å². The zero-order valence-corrected chi connectivity index (χ0v) is 16.8. The Balaban J connectivity index is 1.91. The van der Waals surface area contributed by atoms with Crippen molar-refractivity contribution in [3.63, 3.8) is 0 Å². The third-order valence-electron chi connectivity index (χ3n) is 4.17. The maximum absolute atomic E-state index is 12.8. The lowest BCUT2D eigenvalue weighted by molar-refractivity contribution is 0.0602. The molecule has 0 saturated heterocycles. The van der Waals surface area contributed by atoms with Crippen molar-refractivity contribution in [1.29, 1.82) is 0 Å². The van der Waals surface area contributed by atoms with Gasteiger partial charge in [0, 0.05) is 10.6 Å². The Morgan fingerprint density at radius 1 is 0.966 bits per heavy atom. The summed E-state index contributed by atoms with van der Waals surface area (Å²) in [6, 6.07) is 17.5. The number of halogens is 1. The number of carbonyl (C=O) groups excluding carboxylic acids is 2. The van der Waals surface area contributed by atoms with Crippen molar-refractivity contribution >= 4 is 39.6 Å². The van der Waals surface area contributed by atoms with E-state index in [9.17, 15) is 18.0 Å². The smallest absolute Gasteiger partial charge is 0.340 e. The first-order valence-electron chi connectivity index (χ1n) is 8.40. The number of benzene rings is 3. The molecule has 0 aliphatic carbocycles. The van der Waals surface area contributed by atoms with E-state index in [0.717, 1.165) is 11.1 Å². The summed E-state index contributed by atoms with van der Waals surface area (Å²) in [7, 11) is -2.80. The molecule has 0 fully saturated rings. The van der Waals surface area contributed by atoms with Gasteiger partial charge in [0.1, 0.15) is 6.29 Å². The summed E-state index contributed by atoms with van der Waals surface area (Å²) in [6.07, 6.45) is 0.556. The Labute approximate surface area is 173 Å². The molecular formula is C21H16ClNO5S. The van der Waals surface area contributed by atoms with Gasteiger partial charge in [-0.15, -0.1) is 0 Å². The van der Waals surface area contributed by atoms with Crippen LogP contribution in [-0.2, 0) is 14.8 Å². The maximum atomic E-state index is 12.8. The third-order valence-corrected chi connectivity index (χ3v) is 5.80. The van der Waals surface area contributed by atoms with Crippen LogP contribution in [0.25, 0.3) is 11.1 Å². The molecule has 3 aromatic rings. The Hall–Kier alpha value is -3.16. The molecule has 1 N–H and O–H groups in total. The van der Waals surface area contributed by atoms with Crippen LogP contribution >= 0.6 is 11.6 Å². The lowest BCUT2D eigenvalue weighted by Crippen LogP contribution is -2.16. The first-order chi connectivity index (χ1) is 13.8. The van der Waals surface area contributed by atoms with Gasteiger partial charge in [0.15, 0.2) is 0 Å². The molecule has 0 radical (unpaired) electrons. The molecule has 0 heterocycles. The van der Waals surface area contributed by atoms with Crippen LogP contribution in [0.2, 0.25) is 5.02 Å². The van der Waals surface area contributed by atoms with Crippen LogP contribution in [0.15, 0.2) is 71.6 Å². The van der Waals surface area contributed by atoms with Crippen molar-refractivity contribution in [2.45, 2.75) is 4.90 Å². The number of ether oxygens (including phenoxy) is 1. The molecule has 6 nitrogen and oxygen atoms in total. The van der Waals surface area contributed by atoms with Gasteiger partial charge < -0.3 is 4.74 Å². The molecule has 0 saturated carbocycles. The van der Waals surface area contributed by atoms with Gasteiger partial charge in [-0.2, -0.15) is 0 Å². The van der Waals surface area contributed by atoms with Crippen LogP contribution in [0.5, 0.6) is 0 Å². The number of aldehydes is 1. The van der Waals surface area contributed by atoms with Gasteiger partial charge in [-0.25, -0.2) is 13.2 Å². The van der Waals surface area contributed by atoms with E-state index in [1.54, 1.807) is 24.3 Å². The summed E-state index contributed by atoms with van der Waals surface area (Å²) in [4.78, 5) is 22.9. The lowest BCUT2D eigenvalue weighted by Gasteiger charge is -2.12. The van der Waals surface area contributed by atoms with Crippen molar-refractivity contribution in [2.75, 3.05) is 11.8 Å². The summed E-state index contributed by atoms with van der Waals surface area (Å²) in [5.41, 5.74) is 1.90. The van der Waals surface area contributed by atoms with E-state index in [1.807, 2.05) is 12.1 Å². The van der Waals surface area contributed by atoms with Crippen molar-refractivity contribution < 1.29 is 22.7 Å². The summed E-state index contributed by atoms with van der Waals surface area (Å²) in [5, 5.41) is 0.610. The second-order valence-corrected chi connectivity index (χ2v) is 8.17. The van der Waals surface area contributed by atoms with Gasteiger partial charge in [-0.05, 0) is 53.6 Å². The Kier molecular flexibility index (Phi) is 6.00. The average Bonchev–Trinajstić information content (AvgIpc) is 2.74. The quantitative estimate of drug-likeness (QED) is 0.463. The highest BCUT2D eigenvalue weighted by Gasteiger charge is 2.20. The van der Waals surface area contributed by atoms with Crippen LogP contribution in [0, 0.1) is 0 Å². The molecule has 0 aliphatic heterocycles. The van der Waals surface area contributed by atoms with E-state index in [0.29, 0.717) is 11.3 Å². The topological polar surface area (TPSA) is 89.5 Å². The predicted octanol–water partition coefficient (Wildman–Crippen LogP) is 4.41. The van der Waals surface area contributed by atoms with Crippen molar-refractivity contribution in [2.24, 2.45) is 0 Å². The number of esters is 1. The number of hydrogen-bond donors (Lipinski definition) is 1. The zero-order valence-electron chi connectivity index (χ0n) is 15.3. The summed E-state index contributed by atoms with van der Waals surface area (Å²) >= 11 is 5.89.